The highest BCUT2D eigenvalue weighted by Crippen LogP contribution is 2.33. The highest BCUT2D eigenvalue weighted by molar-refractivity contribution is 5.94. The molecule has 1 atom stereocenters. The molecular weight excluding hydrogens is 363 g/mol. The molecule has 2 aromatic rings. The number of benzene rings is 1. The van der Waals surface area contributed by atoms with Crippen LogP contribution in [-0.4, -0.2) is 44.8 Å². The van der Waals surface area contributed by atoms with Gasteiger partial charge in [0.25, 0.3) is 5.91 Å². The number of hydrogen-bond donors (Lipinski definition) is 1. The summed E-state index contributed by atoms with van der Waals surface area (Å²) < 4.78 is 40.3. The Morgan fingerprint density at radius 2 is 1.85 bits per heavy atom. The summed E-state index contributed by atoms with van der Waals surface area (Å²) in [5.74, 6) is -1.96. The summed E-state index contributed by atoms with van der Waals surface area (Å²) >= 11 is 0. The quantitative estimate of drug-likeness (QED) is 0.822. The highest BCUT2D eigenvalue weighted by atomic mass is 19.4. The van der Waals surface area contributed by atoms with Crippen LogP contribution >= 0.6 is 0 Å². The average molecular weight is 383 g/mol. The van der Waals surface area contributed by atoms with Gasteiger partial charge >= 0.3 is 12.1 Å². The fourth-order valence-electron chi connectivity index (χ4n) is 2.73. The van der Waals surface area contributed by atoms with Crippen molar-refractivity contribution in [3.8, 4) is 5.69 Å². The van der Waals surface area contributed by atoms with Gasteiger partial charge in [-0.15, -0.1) is 0 Å². The second-order valence-corrected chi connectivity index (χ2v) is 6.22. The molecule has 1 unspecified atom stereocenters. The molecule has 0 aliphatic heterocycles. The summed E-state index contributed by atoms with van der Waals surface area (Å²) in [5, 5.41) is 12.5. The molecular formula is C18H20F3N3O3. The first-order valence-electron chi connectivity index (χ1n) is 8.34. The summed E-state index contributed by atoms with van der Waals surface area (Å²) in [4.78, 5) is 25.1. The van der Waals surface area contributed by atoms with Crippen LogP contribution in [0.2, 0.25) is 0 Å². The molecule has 1 amide bonds. The monoisotopic (exact) mass is 383 g/mol. The maximum atomic E-state index is 13.3. The van der Waals surface area contributed by atoms with Crippen molar-refractivity contribution in [3.63, 3.8) is 0 Å². The number of carbonyl (C=O) groups excluding carboxylic acids is 1. The Labute approximate surface area is 154 Å². The van der Waals surface area contributed by atoms with Crippen LogP contribution in [0.25, 0.3) is 5.69 Å². The van der Waals surface area contributed by atoms with E-state index in [2.05, 4.69) is 5.10 Å². The van der Waals surface area contributed by atoms with Crippen molar-refractivity contribution in [2.24, 2.45) is 0 Å². The lowest BCUT2D eigenvalue weighted by Gasteiger charge is -2.24. The number of aromatic nitrogens is 2. The Bertz CT molecular complexity index is 829. The minimum Gasteiger partial charge on any atom is -0.478 e. The molecule has 0 aliphatic rings. The van der Waals surface area contributed by atoms with Gasteiger partial charge in [0, 0.05) is 18.7 Å². The molecule has 146 valence electrons. The molecule has 1 heterocycles. The van der Waals surface area contributed by atoms with Gasteiger partial charge in [0.05, 0.1) is 11.9 Å². The first-order valence-corrected chi connectivity index (χ1v) is 8.34. The normalized spacial score (nSPS) is 12.7. The van der Waals surface area contributed by atoms with E-state index < -0.39 is 23.4 Å². The van der Waals surface area contributed by atoms with Gasteiger partial charge in [0.15, 0.2) is 5.69 Å². The smallest absolute Gasteiger partial charge is 0.434 e. The van der Waals surface area contributed by atoms with E-state index in [1.54, 1.807) is 11.9 Å². The van der Waals surface area contributed by atoms with Crippen LogP contribution < -0.4 is 0 Å². The maximum Gasteiger partial charge on any atom is 0.434 e. The lowest BCUT2D eigenvalue weighted by atomic mass is 10.1. The number of rotatable bonds is 6. The van der Waals surface area contributed by atoms with E-state index in [1.165, 1.54) is 24.3 Å². The molecule has 1 aromatic carbocycles. The zero-order valence-corrected chi connectivity index (χ0v) is 15.1. The van der Waals surface area contributed by atoms with Gasteiger partial charge in [0.2, 0.25) is 0 Å². The Hall–Kier alpha value is -2.84. The third-order valence-electron chi connectivity index (χ3n) is 4.31. The molecule has 1 N–H and O–H groups in total. The number of halogens is 3. The van der Waals surface area contributed by atoms with Crippen molar-refractivity contribution < 1.29 is 27.9 Å². The van der Waals surface area contributed by atoms with E-state index in [9.17, 15) is 22.8 Å². The summed E-state index contributed by atoms with van der Waals surface area (Å²) in [6.07, 6.45) is -2.48. The molecule has 0 spiro atoms. The molecule has 1 aromatic heterocycles. The first-order chi connectivity index (χ1) is 12.6. The molecule has 0 radical (unpaired) electrons. The second-order valence-electron chi connectivity index (χ2n) is 6.22. The zero-order chi connectivity index (χ0) is 20.4. The van der Waals surface area contributed by atoms with Gasteiger partial charge in [-0.3, -0.25) is 4.79 Å². The Kier molecular flexibility index (Phi) is 5.92. The maximum absolute atomic E-state index is 13.3. The van der Waals surface area contributed by atoms with Crippen molar-refractivity contribution in [2.75, 3.05) is 7.05 Å². The number of hydrogen-bond acceptors (Lipinski definition) is 3. The van der Waals surface area contributed by atoms with Crippen LogP contribution in [0.15, 0.2) is 30.5 Å². The van der Waals surface area contributed by atoms with Crippen molar-refractivity contribution in [2.45, 2.75) is 38.9 Å². The van der Waals surface area contributed by atoms with Crippen LogP contribution in [0.3, 0.4) is 0 Å². The van der Waals surface area contributed by atoms with Gasteiger partial charge in [-0.1, -0.05) is 13.3 Å². The van der Waals surface area contributed by atoms with Gasteiger partial charge < -0.3 is 10.0 Å². The fourth-order valence-corrected chi connectivity index (χ4v) is 2.73. The summed E-state index contributed by atoms with van der Waals surface area (Å²) in [7, 11) is 1.67. The average Bonchev–Trinajstić information content (AvgIpc) is 3.06. The zero-order valence-electron chi connectivity index (χ0n) is 15.1. The van der Waals surface area contributed by atoms with E-state index in [1.807, 2.05) is 13.8 Å². The number of aromatic carboxylic acids is 1. The van der Waals surface area contributed by atoms with Crippen LogP contribution in [0, 0.1) is 0 Å². The van der Waals surface area contributed by atoms with Crippen molar-refractivity contribution in [3.05, 3.63) is 47.3 Å². The lowest BCUT2D eigenvalue weighted by molar-refractivity contribution is -0.143. The van der Waals surface area contributed by atoms with Crippen LogP contribution in [0.1, 0.15) is 53.1 Å². The molecule has 0 saturated carbocycles. The SMILES string of the molecule is CCCC(C)N(C)C(=O)c1ccc(-n2ncc(C(=O)O)c2C(F)(F)F)cc1. The Morgan fingerprint density at radius 1 is 1.26 bits per heavy atom. The predicted molar refractivity (Wildman–Crippen MR) is 92.0 cm³/mol. The third kappa shape index (κ3) is 4.29. The number of carboxylic acids is 1. The van der Waals surface area contributed by atoms with Crippen molar-refractivity contribution in [1.82, 2.24) is 14.7 Å². The third-order valence-corrected chi connectivity index (χ3v) is 4.31. The number of alkyl halides is 3. The summed E-state index contributed by atoms with van der Waals surface area (Å²) in [5.41, 5.74) is -1.97. The Morgan fingerprint density at radius 3 is 2.33 bits per heavy atom. The molecule has 0 bridgehead atoms. The van der Waals surface area contributed by atoms with Crippen molar-refractivity contribution >= 4 is 11.9 Å². The van der Waals surface area contributed by atoms with E-state index in [0.29, 0.717) is 16.4 Å². The number of amides is 1. The number of carbonyl (C=O) groups is 2. The van der Waals surface area contributed by atoms with E-state index in [-0.39, 0.29) is 17.6 Å². The predicted octanol–water partition coefficient (Wildman–Crippen LogP) is 3.85. The molecule has 27 heavy (non-hydrogen) atoms. The first kappa shape index (κ1) is 20.5. The fraction of sp³-hybridized carbons (Fsp3) is 0.389. The van der Waals surface area contributed by atoms with Crippen LogP contribution in [-0.2, 0) is 6.18 Å². The molecule has 9 heteroatoms. The minimum absolute atomic E-state index is 0.00985. The number of carboxylic acid groups (broad SMARTS) is 1. The second kappa shape index (κ2) is 7.81. The lowest BCUT2D eigenvalue weighted by Crippen LogP contribution is -2.34. The van der Waals surface area contributed by atoms with Gasteiger partial charge in [-0.2, -0.15) is 18.3 Å². The molecule has 0 aliphatic carbocycles. The van der Waals surface area contributed by atoms with E-state index in [0.717, 1.165) is 12.8 Å². The Balaban J connectivity index is 2.36. The van der Waals surface area contributed by atoms with Crippen LogP contribution in [0.4, 0.5) is 13.2 Å². The molecule has 0 fully saturated rings. The van der Waals surface area contributed by atoms with E-state index in [4.69, 9.17) is 5.11 Å². The van der Waals surface area contributed by atoms with Gasteiger partial charge in [-0.25, -0.2) is 9.48 Å². The number of nitrogens with zero attached hydrogens (tertiary/aromatic N) is 3. The van der Waals surface area contributed by atoms with E-state index >= 15 is 0 Å². The standard InChI is InChI=1S/C18H20F3N3O3/c1-4-5-11(2)23(3)16(25)12-6-8-13(9-7-12)24-15(18(19,20)21)14(10-22-24)17(26)27/h6-11H,4-5H2,1-3H3,(H,26,27). The molecule has 6 nitrogen and oxygen atoms in total. The van der Waals surface area contributed by atoms with Crippen molar-refractivity contribution in [1.29, 1.82) is 0 Å². The topological polar surface area (TPSA) is 75.4 Å². The molecule has 2 rings (SSSR count). The van der Waals surface area contributed by atoms with Gasteiger partial charge in [0.1, 0.15) is 5.56 Å². The molecule has 0 saturated heterocycles. The summed E-state index contributed by atoms with van der Waals surface area (Å²) in [6, 6.07) is 5.44. The minimum atomic E-state index is -4.89. The van der Waals surface area contributed by atoms with Crippen LogP contribution in [0.5, 0.6) is 0 Å². The summed E-state index contributed by atoms with van der Waals surface area (Å²) in [6.45, 7) is 3.93. The largest absolute Gasteiger partial charge is 0.478 e. The van der Waals surface area contributed by atoms with Gasteiger partial charge in [-0.05, 0) is 37.6 Å². The highest BCUT2D eigenvalue weighted by Gasteiger charge is 2.40.